The Morgan fingerprint density at radius 1 is 1.41 bits per heavy atom. The summed E-state index contributed by atoms with van der Waals surface area (Å²) >= 11 is 0. The largest absolute Gasteiger partial charge is 0.314 e. The van der Waals surface area contributed by atoms with Crippen molar-refractivity contribution < 1.29 is 4.39 Å². The van der Waals surface area contributed by atoms with Gasteiger partial charge in [-0.15, -0.1) is 0 Å². The van der Waals surface area contributed by atoms with Crippen molar-refractivity contribution in [3.8, 4) is 0 Å². The van der Waals surface area contributed by atoms with Crippen LogP contribution in [0, 0.1) is 5.82 Å². The van der Waals surface area contributed by atoms with Gasteiger partial charge in [0.1, 0.15) is 5.82 Å². The Hall–Kier alpha value is -0.930. The minimum Gasteiger partial charge on any atom is -0.314 e. The Morgan fingerprint density at radius 3 is 2.88 bits per heavy atom. The zero-order valence-corrected chi connectivity index (χ0v) is 10.4. The summed E-state index contributed by atoms with van der Waals surface area (Å²) in [5.41, 5.74) is 0.780. The average molecular weight is 236 g/mol. The van der Waals surface area contributed by atoms with Crippen LogP contribution < -0.4 is 10.6 Å². The van der Waals surface area contributed by atoms with Crippen molar-refractivity contribution in [3.63, 3.8) is 0 Å². The second kappa shape index (κ2) is 6.12. The molecule has 1 aliphatic rings. The van der Waals surface area contributed by atoms with Crippen LogP contribution in [-0.2, 0) is 0 Å². The van der Waals surface area contributed by atoms with Crippen molar-refractivity contribution in [2.75, 3.05) is 13.6 Å². The van der Waals surface area contributed by atoms with Crippen LogP contribution in [0.4, 0.5) is 4.39 Å². The third-order valence-corrected chi connectivity index (χ3v) is 3.56. The zero-order valence-electron chi connectivity index (χ0n) is 10.4. The van der Waals surface area contributed by atoms with E-state index in [-0.39, 0.29) is 11.9 Å². The summed E-state index contributed by atoms with van der Waals surface area (Å²) in [6.45, 7) is 1.10. The fraction of sp³-hybridized carbons (Fsp3) is 0.571. The number of benzene rings is 1. The molecule has 94 valence electrons. The van der Waals surface area contributed by atoms with Crippen LogP contribution in [-0.4, -0.2) is 19.6 Å². The fourth-order valence-electron chi connectivity index (χ4n) is 2.57. The first kappa shape index (κ1) is 12.5. The Morgan fingerprint density at radius 2 is 2.24 bits per heavy atom. The Balaban J connectivity index is 2.03. The molecule has 0 saturated carbocycles. The Labute approximate surface area is 103 Å². The highest BCUT2D eigenvalue weighted by Gasteiger charge is 2.20. The van der Waals surface area contributed by atoms with E-state index in [1.165, 1.54) is 25.3 Å². The van der Waals surface area contributed by atoms with Crippen molar-refractivity contribution in [3.05, 3.63) is 35.6 Å². The Bertz CT molecular complexity index is 348. The van der Waals surface area contributed by atoms with Crippen LogP contribution >= 0.6 is 0 Å². The highest BCUT2D eigenvalue weighted by atomic mass is 19.1. The van der Waals surface area contributed by atoms with E-state index >= 15 is 0 Å². The highest BCUT2D eigenvalue weighted by Crippen LogP contribution is 2.23. The molecule has 2 nitrogen and oxygen atoms in total. The van der Waals surface area contributed by atoms with Crippen LogP contribution in [0.5, 0.6) is 0 Å². The van der Waals surface area contributed by atoms with Crippen molar-refractivity contribution in [1.29, 1.82) is 0 Å². The van der Waals surface area contributed by atoms with Gasteiger partial charge in [-0.1, -0.05) is 24.6 Å². The lowest BCUT2D eigenvalue weighted by Gasteiger charge is -2.28. The van der Waals surface area contributed by atoms with Gasteiger partial charge in [0.2, 0.25) is 0 Å². The van der Waals surface area contributed by atoms with E-state index in [9.17, 15) is 4.39 Å². The second-order valence-electron chi connectivity index (χ2n) is 4.75. The molecule has 0 bridgehead atoms. The summed E-state index contributed by atoms with van der Waals surface area (Å²) in [5, 5.41) is 6.74. The maximum atomic E-state index is 13.7. The predicted molar refractivity (Wildman–Crippen MR) is 68.5 cm³/mol. The fourth-order valence-corrected chi connectivity index (χ4v) is 2.57. The molecule has 2 unspecified atom stereocenters. The third-order valence-electron chi connectivity index (χ3n) is 3.56. The minimum atomic E-state index is -0.109. The molecule has 0 radical (unpaired) electrons. The molecule has 1 aromatic rings. The van der Waals surface area contributed by atoms with Crippen molar-refractivity contribution in [2.45, 2.75) is 37.8 Å². The van der Waals surface area contributed by atoms with Crippen LogP contribution in [0.15, 0.2) is 24.3 Å². The molecule has 17 heavy (non-hydrogen) atoms. The van der Waals surface area contributed by atoms with Gasteiger partial charge in [0.25, 0.3) is 0 Å². The van der Waals surface area contributed by atoms with Crippen LogP contribution in [0.25, 0.3) is 0 Å². The lowest BCUT2D eigenvalue weighted by Crippen LogP contribution is -2.37. The molecule has 1 saturated heterocycles. The lowest BCUT2D eigenvalue weighted by atomic mass is 9.94. The van der Waals surface area contributed by atoms with Crippen molar-refractivity contribution in [1.82, 2.24) is 10.6 Å². The van der Waals surface area contributed by atoms with Gasteiger partial charge in [0.05, 0.1) is 0 Å². The van der Waals surface area contributed by atoms with E-state index in [1.807, 2.05) is 19.2 Å². The molecule has 1 heterocycles. The molecule has 3 heteroatoms. The molecule has 0 aliphatic carbocycles. The van der Waals surface area contributed by atoms with Gasteiger partial charge >= 0.3 is 0 Å². The van der Waals surface area contributed by atoms with Gasteiger partial charge in [-0.25, -0.2) is 4.39 Å². The standard InChI is InChI=1S/C14H21FN2/c1-16-14(10-11-6-4-5-9-17-11)12-7-2-3-8-13(12)15/h2-3,7-8,11,14,16-17H,4-6,9-10H2,1H3. The molecule has 2 N–H and O–H groups in total. The monoisotopic (exact) mass is 236 g/mol. The predicted octanol–water partition coefficient (Wildman–Crippen LogP) is 2.62. The summed E-state index contributed by atoms with van der Waals surface area (Å²) < 4.78 is 13.7. The average Bonchev–Trinajstić information content (AvgIpc) is 2.38. The molecule has 0 spiro atoms. The quantitative estimate of drug-likeness (QED) is 0.839. The van der Waals surface area contributed by atoms with E-state index in [0.29, 0.717) is 6.04 Å². The first-order valence-corrected chi connectivity index (χ1v) is 6.46. The summed E-state index contributed by atoms with van der Waals surface area (Å²) in [5.74, 6) is -0.109. The number of rotatable bonds is 4. The first-order chi connectivity index (χ1) is 8.31. The lowest BCUT2D eigenvalue weighted by molar-refractivity contribution is 0.343. The van der Waals surface area contributed by atoms with E-state index < -0.39 is 0 Å². The molecule has 2 atom stereocenters. The topological polar surface area (TPSA) is 24.1 Å². The van der Waals surface area contributed by atoms with Crippen LogP contribution in [0.3, 0.4) is 0 Å². The maximum absolute atomic E-state index is 13.7. The summed E-state index contributed by atoms with van der Waals surface area (Å²) in [6, 6.07) is 7.67. The summed E-state index contributed by atoms with van der Waals surface area (Å²) in [7, 11) is 1.90. The van der Waals surface area contributed by atoms with E-state index in [2.05, 4.69) is 10.6 Å². The van der Waals surface area contributed by atoms with Crippen molar-refractivity contribution >= 4 is 0 Å². The van der Waals surface area contributed by atoms with E-state index in [0.717, 1.165) is 18.5 Å². The van der Waals surface area contributed by atoms with Crippen LogP contribution in [0.1, 0.15) is 37.3 Å². The molecule has 1 aliphatic heterocycles. The highest BCUT2D eigenvalue weighted by molar-refractivity contribution is 5.21. The molecular weight excluding hydrogens is 215 g/mol. The number of hydrogen-bond acceptors (Lipinski definition) is 2. The van der Waals surface area contributed by atoms with Crippen molar-refractivity contribution in [2.24, 2.45) is 0 Å². The van der Waals surface area contributed by atoms with E-state index in [4.69, 9.17) is 0 Å². The number of halogens is 1. The zero-order chi connectivity index (χ0) is 12.1. The van der Waals surface area contributed by atoms with Gasteiger partial charge in [-0.2, -0.15) is 0 Å². The number of hydrogen-bond donors (Lipinski definition) is 2. The molecule has 0 amide bonds. The van der Waals surface area contributed by atoms with Gasteiger partial charge in [-0.3, -0.25) is 0 Å². The molecule has 2 rings (SSSR count). The summed E-state index contributed by atoms with van der Waals surface area (Å²) in [6.07, 6.45) is 4.70. The smallest absolute Gasteiger partial charge is 0.127 e. The molecule has 1 fully saturated rings. The number of piperidine rings is 1. The second-order valence-corrected chi connectivity index (χ2v) is 4.75. The SMILES string of the molecule is CNC(CC1CCCCN1)c1ccccc1F. The minimum absolute atomic E-state index is 0.104. The third kappa shape index (κ3) is 3.27. The first-order valence-electron chi connectivity index (χ1n) is 6.46. The molecular formula is C14H21FN2. The van der Waals surface area contributed by atoms with Crippen LogP contribution in [0.2, 0.25) is 0 Å². The molecule has 1 aromatic carbocycles. The van der Waals surface area contributed by atoms with Gasteiger partial charge in [0.15, 0.2) is 0 Å². The summed E-state index contributed by atoms with van der Waals surface area (Å²) in [4.78, 5) is 0. The number of nitrogens with one attached hydrogen (secondary N) is 2. The molecule has 0 aromatic heterocycles. The maximum Gasteiger partial charge on any atom is 0.127 e. The van der Waals surface area contributed by atoms with Gasteiger partial charge < -0.3 is 10.6 Å². The normalized spacial score (nSPS) is 22.4. The van der Waals surface area contributed by atoms with Gasteiger partial charge in [-0.05, 0) is 38.9 Å². The van der Waals surface area contributed by atoms with E-state index in [1.54, 1.807) is 6.07 Å². The Kier molecular flexibility index (Phi) is 4.51. The van der Waals surface area contributed by atoms with Gasteiger partial charge in [0, 0.05) is 17.6 Å².